The molecule has 5 aromatic rings. The van der Waals surface area contributed by atoms with Crippen LogP contribution in [0.4, 0.5) is 0 Å². The zero-order valence-corrected chi connectivity index (χ0v) is 20.6. The SMILES string of the molecule is COc1ccc(-c2cn(Cc3ccc(OCc4ccccc4)cc3)cc2-c2ccc(OC)cc2)cc1. The predicted octanol–water partition coefficient (Wildman–Crippen LogP) is 7.47. The Morgan fingerprint density at radius 3 is 1.53 bits per heavy atom. The summed E-state index contributed by atoms with van der Waals surface area (Å²) >= 11 is 0. The van der Waals surface area contributed by atoms with Gasteiger partial charge >= 0.3 is 0 Å². The van der Waals surface area contributed by atoms with Crippen LogP contribution in [-0.4, -0.2) is 18.8 Å². The average molecular weight is 476 g/mol. The van der Waals surface area contributed by atoms with Crippen molar-refractivity contribution in [2.75, 3.05) is 14.2 Å². The molecule has 1 heterocycles. The van der Waals surface area contributed by atoms with E-state index in [0.717, 1.165) is 40.5 Å². The van der Waals surface area contributed by atoms with Gasteiger partial charge in [0.1, 0.15) is 23.9 Å². The lowest BCUT2D eigenvalue weighted by molar-refractivity contribution is 0.306. The third-order valence-electron chi connectivity index (χ3n) is 6.22. The third kappa shape index (κ3) is 5.44. The summed E-state index contributed by atoms with van der Waals surface area (Å²) in [5.41, 5.74) is 7.00. The molecule has 0 amide bonds. The Morgan fingerprint density at radius 2 is 1.03 bits per heavy atom. The highest BCUT2D eigenvalue weighted by molar-refractivity contribution is 5.83. The molecule has 0 fully saturated rings. The molecule has 0 atom stereocenters. The third-order valence-corrected chi connectivity index (χ3v) is 6.22. The fourth-order valence-corrected chi connectivity index (χ4v) is 4.24. The summed E-state index contributed by atoms with van der Waals surface area (Å²) in [5.74, 6) is 2.56. The van der Waals surface area contributed by atoms with Gasteiger partial charge in [-0.3, -0.25) is 0 Å². The molecule has 0 aliphatic carbocycles. The van der Waals surface area contributed by atoms with Gasteiger partial charge in [0.05, 0.1) is 14.2 Å². The topological polar surface area (TPSA) is 32.6 Å². The molecule has 4 nitrogen and oxygen atoms in total. The molecular weight excluding hydrogens is 446 g/mol. The molecule has 4 heteroatoms. The maximum absolute atomic E-state index is 5.95. The minimum absolute atomic E-state index is 0.564. The van der Waals surface area contributed by atoms with Gasteiger partial charge < -0.3 is 18.8 Å². The van der Waals surface area contributed by atoms with E-state index in [1.807, 2.05) is 54.6 Å². The van der Waals surface area contributed by atoms with E-state index in [-0.39, 0.29) is 0 Å². The number of benzene rings is 4. The van der Waals surface area contributed by atoms with Crippen LogP contribution < -0.4 is 14.2 Å². The van der Waals surface area contributed by atoms with Gasteiger partial charge in [0, 0.05) is 30.1 Å². The van der Waals surface area contributed by atoms with Crippen molar-refractivity contribution in [3.05, 3.63) is 127 Å². The average Bonchev–Trinajstić information content (AvgIpc) is 3.37. The van der Waals surface area contributed by atoms with E-state index < -0.39 is 0 Å². The maximum Gasteiger partial charge on any atom is 0.119 e. The van der Waals surface area contributed by atoms with E-state index in [2.05, 4.69) is 65.5 Å². The summed E-state index contributed by atoms with van der Waals surface area (Å²) in [6.07, 6.45) is 4.42. The molecule has 36 heavy (non-hydrogen) atoms. The van der Waals surface area contributed by atoms with Crippen LogP contribution in [0.25, 0.3) is 22.3 Å². The Balaban J connectivity index is 1.38. The predicted molar refractivity (Wildman–Crippen MR) is 145 cm³/mol. The van der Waals surface area contributed by atoms with Crippen LogP contribution in [0.3, 0.4) is 0 Å². The molecule has 0 radical (unpaired) electrons. The number of nitrogens with zero attached hydrogens (tertiary/aromatic N) is 1. The number of rotatable bonds is 9. The first kappa shape index (κ1) is 23.3. The summed E-state index contributed by atoms with van der Waals surface area (Å²) in [5, 5.41) is 0. The number of methoxy groups -OCH3 is 2. The summed E-state index contributed by atoms with van der Waals surface area (Å²) in [7, 11) is 3.37. The fourth-order valence-electron chi connectivity index (χ4n) is 4.24. The molecule has 0 aliphatic heterocycles. The Hall–Kier alpha value is -4.44. The first-order valence-electron chi connectivity index (χ1n) is 12.0. The number of ether oxygens (including phenoxy) is 3. The molecule has 0 N–H and O–H groups in total. The van der Waals surface area contributed by atoms with E-state index in [1.54, 1.807) is 14.2 Å². The zero-order chi connectivity index (χ0) is 24.7. The molecule has 0 aliphatic rings. The monoisotopic (exact) mass is 475 g/mol. The van der Waals surface area contributed by atoms with Crippen LogP contribution in [0.2, 0.25) is 0 Å². The zero-order valence-electron chi connectivity index (χ0n) is 20.6. The molecule has 0 saturated heterocycles. The highest BCUT2D eigenvalue weighted by atomic mass is 16.5. The van der Waals surface area contributed by atoms with Gasteiger partial charge in [-0.15, -0.1) is 0 Å². The van der Waals surface area contributed by atoms with Crippen LogP contribution in [0.15, 0.2) is 116 Å². The lowest BCUT2D eigenvalue weighted by Gasteiger charge is -2.08. The second kappa shape index (κ2) is 10.9. The van der Waals surface area contributed by atoms with Crippen molar-refractivity contribution in [1.82, 2.24) is 4.57 Å². The van der Waals surface area contributed by atoms with Crippen molar-refractivity contribution in [1.29, 1.82) is 0 Å². The van der Waals surface area contributed by atoms with E-state index in [9.17, 15) is 0 Å². The molecule has 4 aromatic carbocycles. The van der Waals surface area contributed by atoms with Crippen molar-refractivity contribution >= 4 is 0 Å². The molecule has 0 unspecified atom stereocenters. The normalized spacial score (nSPS) is 10.7. The maximum atomic E-state index is 5.95. The Bertz CT molecular complexity index is 1320. The molecule has 180 valence electrons. The summed E-state index contributed by atoms with van der Waals surface area (Å²) < 4.78 is 18.9. The van der Waals surface area contributed by atoms with E-state index >= 15 is 0 Å². The van der Waals surface area contributed by atoms with Gasteiger partial charge in [-0.1, -0.05) is 66.7 Å². The second-order valence-corrected chi connectivity index (χ2v) is 8.63. The largest absolute Gasteiger partial charge is 0.497 e. The van der Waals surface area contributed by atoms with Crippen LogP contribution in [0, 0.1) is 0 Å². The number of hydrogen-bond donors (Lipinski definition) is 0. The smallest absolute Gasteiger partial charge is 0.119 e. The molecule has 5 rings (SSSR count). The first-order chi connectivity index (χ1) is 17.7. The van der Waals surface area contributed by atoms with Gasteiger partial charge in [-0.05, 0) is 58.7 Å². The van der Waals surface area contributed by atoms with E-state index in [1.165, 1.54) is 16.7 Å². The van der Waals surface area contributed by atoms with Crippen LogP contribution in [0.5, 0.6) is 17.2 Å². The standard InChI is InChI=1S/C32H29NO3/c1-34-28-16-10-26(11-17-28)31-21-33(22-32(31)27-12-18-29(35-2)19-13-27)20-24-8-14-30(15-9-24)36-23-25-6-4-3-5-7-25/h3-19,21-22H,20,23H2,1-2H3. The van der Waals surface area contributed by atoms with Crippen molar-refractivity contribution in [3.8, 4) is 39.5 Å². The quantitative estimate of drug-likeness (QED) is 0.222. The van der Waals surface area contributed by atoms with Crippen molar-refractivity contribution in [2.24, 2.45) is 0 Å². The van der Waals surface area contributed by atoms with Crippen molar-refractivity contribution < 1.29 is 14.2 Å². The fraction of sp³-hybridized carbons (Fsp3) is 0.125. The lowest BCUT2D eigenvalue weighted by Crippen LogP contribution is -1.98. The second-order valence-electron chi connectivity index (χ2n) is 8.63. The Morgan fingerprint density at radius 1 is 0.528 bits per heavy atom. The van der Waals surface area contributed by atoms with Crippen LogP contribution in [0.1, 0.15) is 11.1 Å². The minimum Gasteiger partial charge on any atom is -0.497 e. The highest BCUT2D eigenvalue weighted by Gasteiger charge is 2.12. The van der Waals surface area contributed by atoms with Crippen molar-refractivity contribution in [3.63, 3.8) is 0 Å². The number of aromatic nitrogens is 1. The Labute approximate surface area is 212 Å². The van der Waals surface area contributed by atoms with Gasteiger partial charge in [-0.25, -0.2) is 0 Å². The minimum atomic E-state index is 0.564. The van der Waals surface area contributed by atoms with Crippen LogP contribution >= 0.6 is 0 Å². The van der Waals surface area contributed by atoms with E-state index in [4.69, 9.17) is 14.2 Å². The summed E-state index contributed by atoms with van der Waals surface area (Å²) in [4.78, 5) is 0. The molecule has 0 spiro atoms. The molecule has 0 saturated carbocycles. The van der Waals surface area contributed by atoms with Crippen LogP contribution in [-0.2, 0) is 13.2 Å². The molecule has 1 aromatic heterocycles. The lowest BCUT2D eigenvalue weighted by atomic mass is 9.99. The highest BCUT2D eigenvalue weighted by Crippen LogP contribution is 2.35. The van der Waals surface area contributed by atoms with Gasteiger partial charge in [0.25, 0.3) is 0 Å². The Kier molecular flexibility index (Phi) is 7.04. The van der Waals surface area contributed by atoms with Gasteiger partial charge in [0.15, 0.2) is 0 Å². The van der Waals surface area contributed by atoms with Gasteiger partial charge in [-0.2, -0.15) is 0 Å². The summed E-state index contributed by atoms with van der Waals surface area (Å²) in [6.45, 7) is 1.33. The van der Waals surface area contributed by atoms with E-state index in [0.29, 0.717) is 6.61 Å². The molecule has 0 bridgehead atoms. The first-order valence-corrected chi connectivity index (χ1v) is 12.0. The van der Waals surface area contributed by atoms with Gasteiger partial charge in [0.2, 0.25) is 0 Å². The molecular formula is C32H29NO3. The van der Waals surface area contributed by atoms with Crippen molar-refractivity contribution in [2.45, 2.75) is 13.2 Å². The summed E-state index contributed by atoms with van der Waals surface area (Å²) in [6, 6.07) is 34.9. The number of hydrogen-bond acceptors (Lipinski definition) is 3.